The van der Waals surface area contributed by atoms with Crippen LogP contribution in [-0.2, 0) is 20.8 Å². The molecule has 2 atom stereocenters. The second kappa shape index (κ2) is 8.56. The number of aliphatic carboxylic acids is 1. The number of carboxylic acids is 1. The van der Waals surface area contributed by atoms with Gasteiger partial charge in [-0.15, -0.1) is 34.9 Å². The van der Waals surface area contributed by atoms with Crippen molar-refractivity contribution in [3.05, 3.63) is 46.2 Å². The quantitative estimate of drug-likeness (QED) is 0.256. The van der Waals surface area contributed by atoms with E-state index in [1.165, 1.54) is 46.1 Å². The fraction of sp³-hybridized carbons (Fsp3) is 0.263. The van der Waals surface area contributed by atoms with E-state index < -0.39 is 23.3 Å². The molecule has 5 heterocycles. The smallest absolute Gasteiger partial charge is 0.352 e. The molecule has 0 radical (unpaired) electrons. The normalized spacial score (nSPS) is 20.2. The van der Waals surface area contributed by atoms with Crippen LogP contribution in [0.5, 0.6) is 0 Å². The third-order valence-corrected chi connectivity index (χ3v) is 8.38. The summed E-state index contributed by atoms with van der Waals surface area (Å²) < 4.78 is 0. The number of aromatic amines is 1. The Labute approximate surface area is 193 Å². The van der Waals surface area contributed by atoms with E-state index in [0.29, 0.717) is 27.8 Å². The molecule has 0 saturated carbocycles. The summed E-state index contributed by atoms with van der Waals surface area (Å²) in [6, 6.07) is 3.00. The molecule has 0 spiro atoms. The summed E-state index contributed by atoms with van der Waals surface area (Å²) >= 11 is 4.30. The van der Waals surface area contributed by atoms with Crippen molar-refractivity contribution < 1.29 is 19.5 Å². The van der Waals surface area contributed by atoms with Crippen molar-refractivity contribution in [3.63, 3.8) is 0 Å². The molecule has 5 rings (SSSR count). The van der Waals surface area contributed by atoms with Crippen molar-refractivity contribution in [1.29, 1.82) is 0 Å². The molecule has 2 aliphatic rings. The van der Waals surface area contributed by atoms with Gasteiger partial charge in [0.1, 0.15) is 28.5 Å². The van der Waals surface area contributed by atoms with E-state index >= 15 is 0 Å². The third kappa shape index (κ3) is 3.76. The first-order valence-corrected chi connectivity index (χ1v) is 12.4. The third-order valence-electron chi connectivity index (χ3n) is 5.08. The number of hydrogen-bond acceptors (Lipinski definition) is 9. The molecular formula is C19H16N6O4S3. The molecule has 0 aliphatic carbocycles. The minimum absolute atomic E-state index is 0.00694. The molecule has 1 unspecified atom stereocenters. The number of thiophene rings is 1. The van der Waals surface area contributed by atoms with E-state index in [2.05, 4.69) is 25.5 Å². The Balaban J connectivity index is 1.30. The topological polar surface area (TPSA) is 141 Å². The van der Waals surface area contributed by atoms with Crippen molar-refractivity contribution in [2.45, 2.75) is 22.9 Å². The maximum atomic E-state index is 12.8. The number of fused-ring (bicyclic) bond motifs is 2. The predicted octanol–water partition coefficient (Wildman–Crippen LogP) is 1.49. The van der Waals surface area contributed by atoms with Gasteiger partial charge in [-0.05, 0) is 17.0 Å². The fourth-order valence-corrected chi connectivity index (χ4v) is 6.76. The van der Waals surface area contributed by atoms with Crippen molar-refractivity contribution in [2.75, 3.05) is 11.5 Å². The molecule has 2 amide bonds. The van der Waals surface area contributed by atoms with E-state index in [1.807, 2.05) is 17.5 Å². The van der Waals surface area contributed by atoms with Crippen molar-refractivity contribution in [1.82, 2.24) is 30.4 Å². The highest BCUT2D eigenvalue weighted by atomic mass is 32.2. The molecule has 2 aliphatic heterocycles. The lowest BCUT2D eigenvalue weighted by molar-refractivity contribution is -0.150. The average molecular weight is 489 g/mol. The lowest BCUT2D eigenvalue weighted by Gasteiger charge is -2.49. The van der Waals surface area contributed by atoms with E-state index in [0.717, 1.165) is 10.3 Å². The number of β-lactam (4-membered cyclic amide) rings is 1. The van der Waals surface area contributed by atoms with Crippen LogP contribution < -0.4 is 5.32 Å². The Morgan fingerprint density at radius 1 is 1.38 bits per heavy atom. The number of carboxylic acid groups (broad SMARTS) is 1. The first-order valence-electron chi connectivity index (χ1n) is 9.51. The van der Waals surface area contributed by atoms with Gasteiger partial charge in [-0.1, -0.05) is 6.07 Å². The number of carbonyl (C=O) groups is 3. The second-order valence-electron chi connectivity index (χ2n) is 7.07. The molecule has 13 heteroatoms. The zero-order valence-electron chi connectivity index (χ0n) is 16.3. The number of amides is 2. The summed E-state index contributed by atoms with van der Waals surface area (Å²) in [5, 5.41) is 22.2. The molecule has 0 aromatic carbocycles. The van der Waals surface area contributed by atoms with Crippen molar-refractivity contribution in [3.8, 4) is 0 Å². The first kappa shape index (κ1) is 21.0. The first-order chi connectivity index (χ1) is 15.5. The van der Waals surface area contributed by atoms with Gasteiger partial charge < -0.3 is 10.4 Å². The van der Waals surface area contributed by atoms with E-state index in [-0.39, 0.29) is 18.0 Å². The van der Waals surface area contributed by atoms with Gasteiger partial charge in [-0.2, -0.15) is 5.10 Å². The number of aromatic nitrogens is 4. The van der Waals surface area contributed by atoms with Gasteiger partial charge in [0.2, 0.25) is 5.91 Å². The maximum absolute atomic E-state index is 12.8. The maximum Gasteiger partial charge on any atom is 0.352 e. The number of hydrogen-bond donors (Lipinski definition) is 3. The highest BCUT2D eigenvalue weighted by Crippen LogP contribution is 2.41. The Bertz CT molecular complexity index is 1240. The largest absolute Gasteiger partial charge is 0.477 e. The summed E-state index contributed by atoms with van der Waals surface area (Å²) in [6.07, 6.45) is 3.24. The zero-order chi connectivity index (χ0) is 22.2. The number of carbonyl (C=O) groups excluding carboxylic acids is 2. The van der Waals surface area contributed by atoms with Gasteiger partial charge in [0, 0.05) is 16.4 Å². The van der Waals surface area contributed by atoms with Gasteiger partial charge in [0.25, 0.3) is 5.91 Å². The monoisotopic (exact) mass is 488 g/mol. The summed E-state index contributed by atoms with van der Waals surface area (Å²) in [4.78, 5) is 47.7. The SMILES string of the molecule is O=C(Cc1cccs1)NC1C(=O)N2C(C(=O)O)=C(CSc3ncnc4[nH]ncc34)CS[C@@H]12. The molecule has 3 N–H and O–H groups in total. The van der Waals surface area contributed by atoms with Crippen LogP contribution in [0, 0.1) is 0 Å². The van der Waals surface area contributed by atoms with E-state index in [4.69, 9.17) is 0 Å². The molecule has 3 aromatic heterocycles. The lowest BCUT2D eigenvalue weighted by atomic mass is 10.0. The molecule has 32 heavy (non-hydrogen) atoms. The molecule has 164 valence electrons. The van der Waals surface area contributed by atoms with Crippen molar-refractivity contribution in [2.24, 2.45) is 0 Å². The summed E-state index contributed by atoms with van der Waals surface area (Å²) in [7, 11) is 0. The minimum atomic E-state index is -1.15. The molecule has 0 bridgehead atoms. The van der Waals surface area contributed by atoms with Gasteiger partial charge >= 0.3 is 5.97 Å². The van der Waals surface area contributed by atoms with Gasteiger partial charge in [0.15, 0.2) is 5.65 Å². The van der Waals surface area contributed by atoms with Crippen LogP contribution in [0.25, 0.3) is 11.0 Å². The van der Waals surface area contributed by atoms with Crippen LogP contribution >= 0.6 is 34.9 Å². The fourth-order valence-electron chi connectivity index (χ4n) is 3.60. The number of thioether (sulfide) groups is 2. The molecule has 3 aromatic rings. The highest BCUT2D eigenvalue weighted by Gasteiger charge is 2.54. The highest BCUT2D eigenvalue weighted by molar-refractivity contribution is 8.01. The van der Waals surface area contributed by atoms with Gasteiger partial charge in [0.05, 0.1) is 18.0 Å². The zero-order valence-corrected chi connectivity index (χ0v) is 18.8. The van der Waals surface area contributed by atoms with Gasteiger partial charge in [-0.3, -0.25) is 19.6 Å². The molecule has 1 fully saturated rings. The Hall–Kier alpha value is -2.90. The van der Waals surface area contributed by atoms with Crippen LogP contribution in [0.15, 0.2) is 46.3 Å². The lowest BCUT2D eigenvalue weighted by Crippen LogP contribution is -2.70. The van der Waals surface area contributed by atoms with Crippen LogP contribution in [0.3, 0.4) is 0 Å². The predicted molar refractivity (Wildman–Crippen MR) is 120 cm³/mol. The van der Waals surface area contributed by atoms with Gasteiger partial charge in [-0.25, -0.2) is 14.8 Å². The van der Waals surface area contributed by atoms with E-state index in [9.17, 15) is 19.5 Å². The second-order valence-corrected chi connectivity index (χ2v) is 10.2. The average Bonchev–Trinajstić information content (AvgIpc) is 3.47. The Morgan fingerprint density at radius 2 is 2.25 bits per heavy atom. The molecule has 10 nitrogen and oxygen atoms in total. The Morgan fingerprint density at radius 3 is 3.03 bits per heavy atom. The standard InChI is InChI=1S/C19H16N6O4S3/c26-12(4-10-2-1-3-30-10)23-13-17(27)25-14(19(28)29)9(7-32-18(13)25)6-31-16-11-5-22-24-15(11)20-8-21-16/h1-3,5,8,13,18H,4,6-7H2,(H,23,26)(H,28,29)(H,20,21,22,24)/t13?,18-/m0/s1. The molecular weight excluding hydrogens is 472 g/mol. The minimum Gasteiger partial charge on any atom is -0.477 e. The van der Waals surface area contributed by atoms with Crippen LogP contribution in [0.2, 0.25) is 0 Å². The number of nitrogens with zero attached hydrogens (tertiary/aromatic N) is 4. The summed E-state index contributed by atoms with van der Waals surface area (Å²) in [6.45, 7) is 0. The summed E-state index contributed by atoms with van der Waals surface area (Å²) in [5.41, 5.74) is 1.23. The molecule has 1 saturated heterocycles. The Kier molecular flexibility index (Phi) is 5.61. The van der Waals surface area contributed by atoms with Crippen LogP contribution in [0.4, 0.5) is 0 Å². The van der Waals surface area contributed by atoms with Crippen LogP contribution in [-0.4, -0.2) is 70.9 Å². The van der Waals surface area contributed by atoms with Crippen LogP contribution in [0.1, 0.15) is 4.88 Å². The number of H-pyrrole nitrogens is 1. The van der Waals surface area contributed by atoms with Crippen molar-refractivity contribution >= 4 is 63.7 Å². The number of rotatable bonds is 7. The number of nitrogens with one attached hydrogen (secondary N) is 2. The van der Waals surface area contributed by atoms with E-state index in [1.54, 1.807) is 6.20 Å². The summed E-state index contributed by atoms with van der Waals surface area (Å²) in [5.74, 6) is -1.00.